The first kappa shape index (κ1) is 30.8. The maximum absolute atomic E-state index is 13.4. The first-order chi connectivity index (χ1) is 17.5. The summed E-state index contributed by atoms with van der Waals surface area (Å²) in [5, 5.41) is 12.0. The molecule has 3 rings (SSSR count). The topological polar surface area (TPSA) is 99.5 Å². The van der Waals surface area contributed by atoms with Gasteiger partial charge in [-0.05, 0) is 57.0 Å². The Morgan fingerprint density at radius 3 is 2.24 bits per heavy atom. The number of halogens is 2. The molecule has 1 fully saturated rings. The van der Waals surface area contributed by atoms with Gasteiger partial charge in [-0.2, -0.15) is 5.26 Å². The second kappa shape index (κ2) is 14.5. The number of benzene rings is 2. The molecule has 1 saturated heterocycles. The molecule has 0 aromatic heterocycles. The number of carbonyl (C=O) groups is 2. The van der Waals surface area contributed by atoms with Gasteiger partial charge < -0.3 is 9.64 Å². The molecule has 0 bridgehead atoms. The molecule has 1 N–H and O–H groups in total. The van der Waals surface area contributed by atoms with Gasteiger partial charge in [-0.1, -0.05) is 60.5 Å². The zero-order chi connectivity index (χ0) is 27.6. The summed E-state index contributed by atoms with van der Waals surface area (Å²) >= 11 is 11.6. The molecule has 37 heavy (non-hydrogen) atoms. The van der Waals surface area contributed by atoms with Crippen LogP contribution < -0.4 is 5.32 Å². The van der Waals surface area contributed by atoms with E-state index in [1.54, 1.807) is 23.2 Å². The van der Waals surface area contributed by atoms with Crippen LogP contribution in [0.2, 0.25) is 10.0 Å². The standard InChI is InChI=1S/C21H28ClN3O4S.C6H5Cl/c1-5-16(12-30(28)21(2,3)4)25-17(14-6-8-15(22)9-7-14)11-29-18(20(25)27)10-19(26)24-13-23;7-6-4-2-1-3-5-6/h6-9,16-18H,5,10-12H2,1-4H3,(H,24,26);1-5H/t16?,17?,18-,30?;/m0./s1. The highest BCUT2D eigenvalue weighted by Crippen LogP contribution is 2.32. The van der Waals surface area contributed by atoms with Gasteiger partial charge in [-0.3, -0.25) is 19.1 Å². The number of morpholine rings is 1. The van der Waals surface area contributed by atoms with Crippen molar-refractivity contribution in [3.05, 3.63) is 70.2 Å². The summed E-state index contributed by atoms with van der Waals surface area (Å²) in [5.41, 5.74) is 0.854. The largest absolute Gasteiger partial charge is 0.365 e. The molecule has 4 atom stereocenters. The molecule has 1 aliphatic heterocycles. The van der Waals surface area contributed by atoms with Crippen LogP contribution in [0.5, 0.6) is 0 Å². The highest BCUT2D eigenvalue weighted by molar-refractivity contribution is 7.86. The van der Waals surface area contributed by atoms with Crippen LogP contribution in [-0.4, -0.2) is 50.2 Å². The van der Waals surface area contributed by atoms with Crippen molar-refractivity contribution < 1.29 is 18.5 Å². The number of carbonyl (C=O) groups excluding carboxylic acids is 2. The maximum Gasteiger partial charge on any atom is 0.253 e. The van der Waals surface area contributed by atoms with Crippen molar-refractivity contribution in [3.63, 3.8) is 0 Å². The van der Waals surface area contributed by atoms with Crippen molar-refractivity contribution in [1.82, 2.24) is 10.2 Å². The minimum atomic E-state index is -1.16. The molecule has 7 nitrogen and oxygen atoms in total. The Labute approximate surface area is 231 Å². The number of hydrogen-bond acceptors (Lipinski definition) is 5. The first-order valence-corrected chi connectivity index (χ1v) is 14.0. The molecule has 10 heteroatoms. The summed E-state index contributed by atoms with van der Waals surface area (Å²) in [4.78, 5) is 26.9. The van der Waals surface area contributed by atoms with E-state index in [0.717, 1.165) is 10.6 Å². The number of ether oxygens (including phenoxy) is 1. The van der Waals surface area contributed by atoms with Gasteiger partial charge in [-0.15, -0.1) is 0 Å². The Kier molecular flexibility index (Phi) is 12.1. The molecule has 1 heterocycles. The maximum atomic E-state index is 13.4. The van der Waals surface area contributed by atoms with Crippen molar-refractivity contribution in [3.8, 4) is 6.19 Å². The highest BCUT2D eigenvalue weighted by atomic mass is 35.5. The molecule has 3 unspecified atom stereocenters. The van der Waals surface area contributed by atoms with Crippen LogP contribution in [0.4, 0.5) is 0 Å². The summed E-state index contributed by atoms with van der Waals surface area (Å²) in [6, 6.07) is 16.0. The predicted molar refractivity (Wildman–Crippen MR) is 147 cm³/mol. The number of hydrogen-bond donors (Lipinski definition) is 1. The van der Waals surface area contributed by atoms with E-state index in [0.29, 0.717) is 17.2 Å². The summed E-state index contributed by atoms with van der Waals surface area (Å²) in [6.45, 7) is 7.86. The third kappa shape index (κ3) is 9.42. The zero-order valence-electron chi connectivity index (χ0n) is 21.4. The lowest BCUT2D eigenvalue weighted by Crippen LogP contribution is -2.56. The summed E-state index contributed by atoms with van der Waals surface area (Å²) in [6.07, 6.45) is 0.945. The minimum Gasteiger partial charge on any atom is -0.365 e. The average Bonchev–Trinajstić information content (AvgIpc) is 2.85. The molecular formula is C27H33Cl2N3O4S. The van der Waals surface area contributed by atoms with Gasteiger partial charge in [0.15, 0.2) is 6.19 Å². The van der Waals surface area contributed by atoms with Crippen molar-refractivity contribution >= 4 is 45.8 Å². The Morgan fingerprint density at radius 1 is 1.16 bits per heavy atom. The average molecular weight is 567 g/mol. The van der Waals surface area contributed by atoms with Crippen molar-refractivity contribution in [2.24, 2.45) is 0 Å². The van der Waals surface area contributed by atoms with Crippen molar-refractivity contribution in [2.45, 2.75) is 63.5 Å². The van der Waals surface area contributed by atoms with Crippen molar-refractivity contribution in [1.29, 1.82) is 5.26 Å². The minimum absolute atomic E-state index is 0.191. The van der Waals surface area contributed by atoms with Gasteiger partial charge in [-0.25, -0.2) is 0 Å². The van der Waals surface area contributed by atoms with Gasteiger partial charge in [0, 0.05) is 37.4 Å². The van der Waals surface area contributed by atoms with Crippen LogP contribution in [0, 0.1) is 11.5 Å². The highest BCUT2D eigenvalue weighted by Gasteiger charge is 2.42. The van der Waals surface area contributed by atoms with Crippen LogP contribution in [0.15, 0.2) is 54.6 Å². The zero-order valence-corrected chi connectivity index (χ0v) is 23.8. The van der Waals surface area contributed by atoms with E-state index in [1.807, 2.05) is 75.5 Å². The molecule has 1 aliphatic rings. The molecule has 200 valence electrons. The van der Waals surface area contributed by atoms with Crippen LogP contribution in [0.25, 0.3) is 0 Å². The van der Waals surface area contributed by atoms with Gasteiger partial charge in [0.25, 0.3) is 5.91 Å². The van der Waals surface area contributed by atoms with E-state index in [4.69, 9.17) is 33.2 Å². The number of rotatable bonds is 7. The SMILES string of the molecule is CCC(CS(=O)C(C)(C)C)N1C(=O)[C@H](CC(=O)NC#N)OCC1c1ccc(Cl)cc1.Clc1ccccc1. The second-order valence-corrected chi connectivity index (χ2v) is 12.6. The number of nitrogens with one attached hydrogen (secondary N) is 1. The summed E-state index contributed by atoms with van der Waals surface area (Å²) < 4.78 is 18.2. The van der Waals surface area contributed by atoms with Gasteiger partial charge in [0.1, 0.15) is 6.10 Å². The Morgan fingerprint density at radius 2 is 1.76 bits per heavy atom. The van der Waals surface area contributed by atoms with Crippen LogP contribution in [0.1, 0.15) is 52.1 Å². The van der Waals surface area contributed by atoms with Gasteiger partial charge in [0.05, 0.1) is 19.1 Å². The lowest BCUT2D eigenvalue weighted by molar-refractivity contribution is -0.165. The number of amides is 2. The van der Waals surface area contributed by atoms with E-state index in [2.05, 4.69) is 0 Å². The normalized spacial score (nSPS) is 19.2. The summed E-state index contributed by atoms with van der Waals surface area (Å²) in [5.74, 6) is -0.591. The third-order valence-electron chi connectivity index (χ3n) is 5.77. The molecule has 0 aliphatic carbocycles. The fourth-order valence-corrected chi connectivity index (χ4v) is 5.23. The van der Waals surface area contributed by atoms with Gasteiger partial charge >= 0.3 is 0 Å². The molecule has 2 amide bonds. The molecule has 2 aromatic carbocycles. The van der Waals surface area contributed by atoms with E-state index in [1.165, 1.54) is 0 Å². The number of nitriles is 1. The Hall–Kier alpha value is -2.44. The van der Waals surface area contributed by atoms with E-state index < -0.39 is 27.6 Å². The van der Waals surface area contributed by atoms with Gasteiger partial charge in [0.2, 0.25) is 5.91 Å². The molecular weight excluding hydrogens is 533 g/mol. The van der Waals surface area contributed by atoms with E-state index in [-0.39, 0.29) is 31.0 Å². The summed E-state index contributed by atoms with van der Waals surface area (Å²) in [7, 11) is -1.16. The molecule has 0 radical (unpaired) electrons. The predicted octanol–water partition coefficient (Wildman–Crippen LogP) is 5.26. The quantitative estimate of drug-likeness (QED) is 0.364. The second-order valence-electron chi connectivity index (χ2n) is 9.48. The third-order valence-corrected chi connectivity index (χ3v) is 8.32. The smallest absolute Gasteiger partial charge is 0.253 e. The van der Waals surface area contributed by atoms with Crippen LogP contribution in [0.3, 0.4) is 0 Å². The monoisotopic (exact) mass is 565 g/mol. The molecule has 2 aromatic rings. The lowest BCUT2D eigenvalue weighted by atomic mass is 9.99. The Bertz CT molecular complexity index is 1100. The number of nitrogens with zero attached hydrogens (tertiary/aromatic N) is 2. The first-order valence-electron chi connectivity index (χ1n) is 11.9. The fourth-order valence-electron chi connectivity index (χ4n) is 3.72. The molecule has 0 spiro atoms. The van der Waals surface area contributed by atoms with Crippen LogP contribution >= 0.6 is 23.2 Å². The molecule has 0 saturated carbocycles. The fraction of sp³-hybridized carbons (Fsp3) is 0.444. The van der Waals surface area contributed by atoms with Crippen molar-refractivity contribution in [2.75, 3.05) is 12.4 Å². The van der Waals surface area contributed by atoms with E-state index >= 15 is 0 Å². The Balaban J connectivity index is 0.000000591. The lowest BCUT2D eigenvalue weighted by Gasteiger charge is -2.44. The van der Waals surface area contributed by atoms with Crippen LogP contribution in [-0.2, 0) is 25.1 Å². The van der Waals surface area contributed by atoms with E-state index in [9.17, 15) is 13.8 Å².